The van der Waals surface area contributed by atoms with Crippen LogP contribution in [0, 0.1) is 5.82 Å². The third kappa shape index (κ3) is 3.15. The lowest BCUT2D eigenvalue weighted by molar-refractivity contribution is 0.120. The van der Waals surface area contributed by atoms with Crippen LogP contribution in [0.15, 0.2) is 43.0 Å². The summed E-state index contributed by atoms with van der Waals surface area (Å²) < 4.78 is 22.7. The van der Waals surface area contributed by atoms with Gasteiger partial charge in [0.2, 0.25) is 0 Å². The fraction of sp³-hybridized carbons (Fsp3) is 0.286. The molecular weight excluding hydrogens is 395 g/mol. The maximum atomic E-state index is 14.6. The highest BCUT2D eigenvalue weighted by molar-refractivity contribution is 6.35. The Labute approximate surface area is 172 Å². The van der Waals surface area contributed by atoms with Gasteiger partial charge < -0.3 is 19.7 Å². The molecule has 8 heteroatoms. The lowest BCUT2D eigenvalue weighted by atomic mass is 9.99. The number of hydrogen-bond acceptors (Lipinski definition) is 5. The number of phenolic OH excluding ortho intramolecular Hbond substituents is 1. The molecular formula is C21H20ClFN4O2. The molecule has 3 aromatic rings. The largest absolute Gasteiger partial charge is 0.507 e. The molecule has 0 radical (unpaired) electrons. The summed E-state index contributed by atoms with van der Waals surface area (Å²) in [6, 6.07) is 6.25. The van der Waals surface area contributed by atoms with Gasteiger partial charge in [0.15, 0.2) is 0 Å². The molecule has 1 aromatic heterocycles. The summed E-state index contributed by atoms with van der Waals surface area (Å²) in [4.78, 5) is 6.53. The Bertz CT molecular complexity index is 1040. The van der Waals surface area contributed by atoms with E-state index in [1.165, 1.54) is 18.2 Å². The number of aromatic nitrogens is 2. The molecule has 1 saturated heterocycles. The number of nitrogens with one attached hydrogen (secondary N) is 1. The van der Waals surface area contributed by atoms with Crippen molar-refractivity contribution in [3.63, 3.8) is 0 Å². The molecule has 0 spiro atoms. The quantitative estimate of drug-likeness (QED) is 0.674. The average Bonchev–Trinajstić information content (AvgIpc) is 3.17. The van der Waals surface area contributed by atoms with Crippen molar-refractivity contribution in [1.29, 1.82) is 0 Å². The number of imidazole rings is 1. The van der Waals surface area contributed by atoms with Crippen LogP contribution in [0.4, 0.5) is 4.39 Å². The zero-order valence-corrected chi connectivity index (χ0v) is 16.4. The molecule has 1 fully saturated rings. The lowest BCUT2D eigenvalue weighted by Gasteiger charge is -2.33. The highest BCUT2D eigenvalue weighted by atomic mass is 35.5. The first-order valence-electron chi connectivity index (χ1n) is 9.52. The van der Waals surface area contributed by atoms with Crippen LogP contribution in [0.1, 0.15) is 5.56 Å². The number of benzene rings is 2. The van der Waals surface area contributed by atoms with Gasteiger partial charge in [-0.1, -0.05) is 17.7 Å². The minimum atomic E-state index is -0.543. The maximum absolute atomic E-state index is 14.6. The van der Waals surface area contributed by atoms with E-state index in [4.69, 9.17) is 16.3 Å². The second kappa shape index (κ2) is 7.33. The normalized spacial score (nSPS) is 19.2. The van der Waals surface area contributed by atoms with E-state index in [9.17, 15) is 9.50 Å². The van der Waals surface area contributed by atoms with Gasteiger partial charge in [0.05, 0.1) is 28.6 Å². The summed E-state index contributed by atoms with van der Waals surface area (Å²) in [6.07, 6.45) is 5.20. The fourth-order valence-corrected chi connectivity index (χ4v) is 4.43. The summed E-state index contributed by atoms with van der Waals surface area (Å²) in [6.45, 7) is 3.81. The van der Waals surface area contributed by atoms with Crippen molar-refractivity contribution in [3.8, 4) is 28.3 Å². The second-order valence-electron chi connectivity index (χ2n) is 7.31. The van der Waals surface area contributed by atoms with E-state index in [0.29, 0.717) is 29.5 Å². The number of rotatable bonds is 2. The Kier molecular flexibility index (Phi) is 4.66. The van der Waals surface area contributed by atoms with Gasteiger partial charge in [0, 0.05) is 49.7 Å². The van der Waals surface area contributed by atoms with Gasteiger partial charge in [0.1, 0.15) is 23.9 Å². The van der Waals surface area contributed by atoms with Crippen LogP contribution in [-0.4, -0.2) is 51.8 Å². The predicted molar refractivity (Wildman–Crippen MR) is 108 cm³/mol. The van der Waals surface area contributed by atoms with Gasteiger partial charge in [-0.2, -0.15) is 0 Å². The van der Waals surface area contributed by atoms with Gasteiger partial charge >= 0.3 is 0 Å². The van der Waals surface area contributed by atoms with Crippen LogP contribution in [-0.2, 0) is 6.54 Å². The van der Waals surface area contributed by atoms with Crippen LogP contribution in [0.5, 0.6) is 11.5 Å². The molecule has 3 heterocycles. The van der Waals surface area contributed by atoms with Crippen molar-refractivity contribution in [3.05, 3.63) is 59.4 Å². The first-order valence-corrected chi connectivity index (χ1v) is 9.90. The van der Waals surface area contributed by atoms with E-state index >= 15 is 0 Å². The van der Waals surface area contributed by atoms with Crippen LogP contribution in [0.2, 0.25) is 5.02 Å². The second-order valence-corrected chi connectivity index (χ2v) is 7.69. The Hall–Kier alpha value is -2.61. The Morgan fingerprint density at radius 1 is 1.34 bits per heavy atom. The molecule has 0 unspecified atom stereocenters. The number of piperazine rings is 1. The summed E-state index contributed by atoms with van der Waals surface area (Å²) >= 11 is 6.75. The lowest BCUT2D eigenvalue weighted by Crippen LogP contribution is -2.52. The number of halogens is 2. The standard InChI is InChI=1S/C21H20ClFN4O2/c22-20-14(19-16(23)2-1-3-18(19)28)8-17(27-7-5-25-12-27)15-10-26-6-4-24-9-13(26)11-29-21(15)20/h1-3,5,7-8,12-13,24,28H,4,6,9-11H2/t13-/m1/s1. The molecule has 0 saturated carbocycles. The molecule has 150 valence electrons. The monoisotopic (exact) mass is 414 g/mol. The van der Waals surface area contributed by atoms with Crippen molar-refractivity contribution in [2.45, 2.75) is 12.6 Å². The van der Waals surface area contributed by atoms with Gasteiger partial charge in [-0.25, -0.2) is 9.37 Å². The predicted octanol–water partition coefficient (Wildman–Crippen LogP) is 3.20. The van der Waals surface area contributed by atoms with Crippen LogP contribution >= 0.6 is 11.6 Å². The SMILES string of the molecule is Oc1cccc(F)c1-c1cc(-n2ccnc2)c2c(c1Cl)OC[C@H]1CNCCN1C2. The zero-order valence-electron chi connectivity index (χ0n) is 15.6. The molecule has 29 heavy (non-hydrogen) atoms. The van der Waals surface area contributed by atoms with E-state index in [-0.39, 0.29) is 17.4 Å². The third-order valence-electron chi connectivity index (χ3n) is 5.60. The molecule has 5 rings (SSSR count). The maximum Gasteiger partial charge on any atom is 0.145 e. The molecule has 2 N–H and O–H groups in total. The average molecular weight is 415 g/mol. The highest BCUT2D eigenvalue weighted by Crippen LogP contribution is 2.46. The number of aromatic hydroxyl groups is 1. The molecule has 0 aliphatic carbocycles. The van der Waals surface area contributed by atoms with Gasteiger partial charge in [-0.15, -0.1) is 0 Å². The molecule has 2 aromatic carbocycles. The van der Waals surface area contributed by atoms with Gasteiger partial charge in [-0.05, 0) is 18.2 Å². The van der Waals surface area contributed by atoms with E-state index in [1.807, 2.05) is 10.8 Å². The summed E-state index contributed by atoms with van der Waals surface area (Å²) in [7, 11) is 0. The smallest absolute Gasteiger partial charge is 0.145 e. The van der Waals surface area contributed by atoms with Crippen molar-refractivity contribution in [1.82, 2.24) is 19.8 Å². The topological polar surface area (TPSA) is 62.6 Å². The molecule has 6 nitrogen and oxygen atoms in total. The molecule has 2 aliphatic rings. The fourth-order valence-electron chi connectivity index (χ4n) is 4.11. The molecule has 0 bridgehead atoms. The highest BCUT2D eigenvalue weighted by Gasteiger charge is 2.31. The Morgan fingerprint density at radius 3 is 3.03 bits per heavy atom. The van der Waals surface area contributed by atoms with Crippen molar-refractivity contribution in [2.75, 3.05) is 26.2 Å². The van der Waals surface area contributed by atoms with E-state index in [1.54, 1.807) is 18.6 Å². The minimum Gasteiger partial charge on any atom is -0.507 e. The number of phenols is 1. The number of fused-ring (bicyclic) bond motifs is 2. The third-order valence-corrected chi connectivity index (χ3v) is 5.97. The van der Waals surface area contributed by atoms with Crippen LogP contribution < -0.4 is 10.1 Å². The number of nitrogens with zero attached hydrogens (tertiary/aromatic N) is 3. The van der Waals surface area contributed by atoms with Crippen molar-refractivity contribution >= 4 is 11.6 Å². The molecule has 1 atom stereocenters. The van der Waals surface area contributed by atoms with Crippen molar-refractivity contribution < 1.29 is 14.2 Å². The molecule has 2 aliphatic heterocycles. The van der Waals surface area contributed by atoms with E-state index < -0.39 is 5.82 Å². The summed E-state index contributed by atoms with van der Waals surface area (Å²) in [5.41, 5.74) is 2.19. The van der Waals surface area contributed by atoms with Crippen LogP contribution in [0.25, 0.3) is 16.8 Å². The van der Waals surface area contributed by atoms with Gasteiger partial charge in [-0.3, -0.25) is 4.90 Å². The first kappa shape index (κ1) is 18.4. The van der Waals surface area contributed by atoms with Crippen LogP contribution in [0.3, 0.4) is 0 Å². The number of hydrogen-bond donors (Lipinski definition) is 2. The number of ether oxygens (including phenoxy) is 1. The summed E-state index contributed by atoms with van der Waals surface area (Å²) in [5.74, 6) is -0.178. The Balaban J connectivity index is 1.74. The molecule has 0 amide bonds. The van der Waals surface area contributed by atoms with Crippen molar-refractivity contribution in [2.24, 2.45) is 0 Å². The minimum absolute atomic E-state index is 0.0638. The zero-order chi connectivity index (χ0) is 20.0. The van der Waals surface area contributed by atoms with E-state index in [0.717, 1.165) is 30.9 Å². The first-order chi connectivity index (χ1) is 14.1. The van der Waals surface area contributed by atoms with Gasteiger partial charge in [0.25, 0.3) is 0 Å². The Morgan fingerprint density at radius 2 is 2.24 bits per heavy atom. The summed E-state index contributed by atoms with van der Waals surface area (Å²) in [5, 5.41) is 14.0. The van der Waals surface area contributed by atoms with E-state index in [2.05, 4.69) is 15.2 Å².